The van der Waals surface area contributed by atoms with Gasteiger partial charge in [-0.2, -0.15) is 0 Å². The van der Waals surface area contributed by atoms with Crippen LogP contribution in [0.15, 0.2) is 29.3 Å². The highest BCUT2D eigenvalue weighted by atomic mass is 35.5. The fourth-order valence-corrected chi connectivity index (χ4v) is 3.16. The number of hydrogen-bond donors (Lipinski definition) is 1. The minimum absolute atomic E-state index is 0.595. The maximum atomic E-state index is 5.94. The van der Waals surface area contributed by atoms with Crippen molar-refractivity contribution < 1.29 is 0 Å². The van der Waals surface area contributed by atoms with Gasteiger partial charge in [-0.15, -0.1) is 0 Å². The van der Waals surface area contributed by atoms with Crippen molar-refractivity contribution in [2.45, 2.75) is 19.4 Å². The third-order valence-electron chi connectivity index (χ3n) is 4.12. The Labute approximate surface area is 119 Å². The first-order valence-electron chi connectivity index (χ1n) is 6.83. The number of nitrogen functional groups attached to an aromatic ring is 1. The number of anilines is 2. The largest absolute Gasteiger partial charge is 0.399 e. The normalized spacial score (nSPS) is 23.4. The molecule has 1 aromatic carbocycles. The summed E-state index contributed by atoms with van der Waals surface area (Å²) in [4.78, 5) is 5.00. The lowest BCUT2D eigenvalue weighted by Crippen LogP contribution is -2.56. The van der Waals surface area contributed by atoms with E-state index in [1.54, 1.807) is 0 Å². The highest BCUT2D eigenvalue weighted by Crippen LogP contribution is 2.32. The molecule has 0 aromatic heterocycles. The van der Waals surface area contributed by atoms with Crippen molar-refractivity contribution in [3.05, 3.63) is 34.9 Å². The molecule has 2 heterocycles. The number of allylic oxidation sites excluding steroid dienone is 1. The molecule has 0 amide bonds. The standard InChI is InChI=1S/C15H20ClN3/c1-11(16)4-5-18-6-7-19-10-14(18)8-12-2-3-13(17)9-15(12)19/h2-4,9,14H,5-8,10,17H2,1H3/t14-/m0/s1. The molecule has 3 nitrogen and oxygen atoms in total. The lowest BCUT2D eigenvalue weighted by Gasteiger charge is -2.46. The third-order valence-corrected chi connectivity index (χ3v) is 4.27. The molecule has 0 aliphatic carbocycles. The number of nitrogens with two attached hydrogens (primary N) is 1. The van der Waals surface area contributed by atoms with Crippen molar-refractivity contribution in [1.29, 1.82) is 0 Å². The molecule has 1 saturated heterocycles. The monoisotopic (exact) mass is 277 g/mol. The summed E-state index contributed by atoms with van der Waals surface area (Å²) >= 11 is 5.94. The number of halogens is 1. The van der Waals surface area contributed by atoms with Crippen LogP contribution in [-0.4, -0.2) is 37.1 Å². The summed E-state index contributed by atoms with van der Waals surface area (Å²) in [6.45, 7) is 6.17. The fraction of sp³-hybridized carbons (Fsp3) is 0.467. The van der Waals surface area contributed by atoms with E-state index in [0.717, 1.165) is 43.3 Å². The molecule has 2 bridgehead atoms. The van der Waals surface area contributed by atoms with Crippen LogP contribution in [0.3, 0.4) is 0 Å². The number of benzene rings is 1. The number of rotatable bonds is 2. The topological polar surface area (TPSA) is 32.5 Å². The van der Waals surface area contributed by atoms with Crippen LogP contribution in [0.5, 0.6) is 0 Å². The zero-order valence-corrected chi connectivity index (χ0v) is 12.0. The van der Waals surface area contributed by atoms with E-state index >= 15 is 0 Å². The summed E-state index contributed by atoms with van der Waals surface area (Å²) in [6, 6.07) is 6.89. The summed E-state index contributed by atoms with van der Waals surface area (Å²) in [5.41, 5.74) is 9.51. The Morgan fingerprint density at radius 1 is 1.47 bits per heavy atom. The summed E-state index contributed by atoms with van der Waals surface area (Å²) in [6.07, 6.45) is 3.22. The van der Waals surface area contributed by atoms with Crippen molar-refractivity contribution >= 4 is 23.0 Å². The van der Waals surface area contributed by atoms with Crippen molar-refractivity contribution in [3.63, 3.8) is 0 Å². The molecule has 1 atom stereocenters. The predicted molar refractivity (Wildman–Crippen MR) is 81.7 cm³/mol. The molecule has 0 spiro atoms. The zero-order valence-electron chi connectivity index (χ0n) is 11.3. The first-order valence-corrected chi connectivity index (χ1v) is 7.21. The predicted octanol–water partition coefficient (Wildman–Crippen LogP) is 2.46. The van der Waals surface area contributed by atoms with Gasteiger partial charge in [0.05, 0.1) is 0 Å². The quantitative estimate of drug-likeness (QED) is 0.843. The van der Waals surface area contributed by atoms with Crippen LogP contribution in [0.25, 0.3) is 0 Å². The molecule has 2 aliphatic rings. The molecule has 0 radical (unpaired) electrons. The van der Waals surface area contributed by atoms with E-state index in [1.807, 2.05) is 13.0 Å². The summed E-state index contributed by atoms with van der Waals surface area (Å²) in [5.74, 6) is 0. The van der Waals surface area contributed by atoms with E-state index in [4.69, 9.17) is 17.3 Å². The lowest BCUT2D eigenvalue weighted by atomic mass is 9.94. The van der Waals surface area contributed by atoms with E-state index in [2.05, 4.69) is 28.0 Å². The fourth-order valence-electron chi connectivity index (χ4n) is 3.09. The minimum Gasteiger partial charge on any atom is -0.399 e. The van der Waals surface area contributed by atoms with E-state index < -0.39 is 0 Å². The van der Waals surface area contributed by atoms with Crippen molar-refractivity contribution in [1.82, 2.24) is 4.90 Å². The second-order valence-electron chi connectivity index (χ2n) is 5.48. The highest BCUT2D eigenvalue weighted by molar-refractivity contribution is 6.29. The summed E-state index contributed by atoms with van der Waals surface area (Å²) in [7, 11) is 0. The summed E-state index contributed by atoms with van der Waals surface area (Å²) < 4.78 is 0. The van der Waals surface area contributed by atoms with Gasteiger partial charge in [-0.25, -0.2) is 0 Å². The highest BCUT2D eigenvalue weighted by Gasteiger charge is 2.32. The second-order valence-corrected chi connectivity index (χ2v) is 6.07. The maximum absolute atomic E-state index is 5.94. The average Bonchev–Trinajstić information content (AvgIpc) is 2.39. The molecule has 2 aliphatic heterocycles. The Balaban J connectivity index is 1.81. The van der Waals surface area contributed by atoms with Gasteiger partial charge in [0.2, 0.25) is 0 Å². The smallest absolute Gasteiger partial charge is 0.0421 e. The Kier molecular flexibility index (Phi) is 3.42. The third kappa shape index (κ3) is 2.58. The van der Waals surface area contributed by atoms with Gasteiger partial charge in [-0.1, -0.05) is 23.7 Å². The van der Waals surface area contributed by atoms with Crippen LogP contribution >= 0.6 is 11.6 Å². The molecular formula is C15H20ClN3. The van der Waals surface area contributed by atoms with Crippen molar-refractivity contribution in [2.75, 3.05) is 36.8 Å². The first-order chi connectivity index (χ1) is 9.13. The Morgan fingerprint density at radius 2 is 2.32 bits per heavy atom. The number of piperazine rings is 1. The first kappa shape index (κ1) is 12.8. The van der Waals surface area contributed by atoms with E-state index in [1.165, 1.54) is 11.3 Å². The van der Waals surface area contributed by atoms with Crippen LogP contribution in [0.4, 0.5) is 11.4 Å². The molecule has 3 rings (SSSR count). The molecule has 0 unspecified atom stereocenters. The Hall–Kier alpha value is -1.19. The van der Waals surface area contributed by atoms with Crippen molar-refractivity contribution in [2.24, 2.45) is 0 Å². The Morgan fingerprint density at radius 3 is 3.11 bits per heavy atom. The maximum Gasteiger partial charge on any atom is 0.0421 e. The van der Waals surface area contributed by atoms with Gasteiger partial charge in [0.25, 0.3) is 0 Å². The van der Waals surface area contributed by atoms with Gasteiger partial charge < -0.3 is 10.6 Å². The van der Waals surface area contributed by atoms with Crippen LogP contribution in [0.1, 0.15) is 12.5 Å². The minimum atomic E-state index is 0.595. The molecular weight excluding hydrogens is 258 g/mol. The lowest BCUT2D eigenvalue weighted by molar-refractivity contribution is 0.188. The van der Waals surface area contributed by atoms with E-state index in [-0.39, 0.29) is 0 Å². The average molecular weight is 278 g/mol. The molecule has 102 valence electrons. The molecule has 19 heavy (non-hydrogen) atoms. The zero-order chi connectivity index (χ0) is 13.4. The van der Waals surface area contributed by atoms with Crippen molar-refractivity contribution in [3.8, 4) is 0 Å². The summed E-state index contributed by atoms with van der Waals surface area (Å²) in [5, 5.41) is 0.881. The molecule has 0 saturated carbocycles. The van der Waals surface area contributed by atoms with Crippen LogP contribution in [-0.2, 0) is 6.42 Å². The second kappa shape index (κ2) is 5.06. The van der Waals surface area contributed by atoms with Gasteiger partial charge in [0.15, 0.2) is 0 Å². The molecule has 4 heteroatoms. The van der Waals surface area contributed by atoms with E-state index in [9.17, 15) is 0 Å². The van der Waals surface area contributed by atoms with Crippen LogP contribution in [0.2, 0.25) is 0 Å². The van der Waals surface area contributed by atoms with E-state index in [0.29, 0.717) is 6.04 Å². The van der Waals surface area contributed by atoms with Gasteiger partial charge in [-0.3, -0.25) is 4.90 Å². The SMILES string of the molecule is CC(Cl)=CCN1CCN2C[C@@H]1Cc1ccc(N)cc12. The number of fused-ring (bicyclic) bond motifs is 4. The molecule has 2 N–H and O–H groups in total. The van der Waals surface area contributed by atoms with Crippen LogP contribution in [0, 0.1) is 0 Å². The van der Waals surface area contributed by atoms with Gasteiger partial charge in [0, 0.05) is 48.6 Å². The molecule has 1 fully saturated rings. The Bertz CT molecular complexity index is 508. The molecule has 1 aromatic rings. The van der Waals surface area contributed by atoms with Gasteiger partial charge in [-0.05, 0) is 31.0 Å². The number of hydrogen-bond acceptors (Lipinski definition) is 3. The van der Waals surface area contributed by atoms with Crippen LogP contribution < -0.4 is 10.6 Å². The number of nitrogens with zero attached hydrogens (tertiary/aromatic N) is 2. The van der Waals surface area contributed by atoms with Gasteiger partial charge in [0.1, 0.15) is 0 Å². The van der Waals surface area contributed by atoms with Gasteiger partial charge >= 0.3 is 0 Å².